The van der Waals surface area contributed by atoms with Gasteiger partial charge in [-0.25, -0.2) is 4.79 Å². The lowest BCUT2D eigenvalue weighted by Crippen LogP contribution is -2.55. The average Bonchev–Trinajstić information content (AvgIpc) is 3.35. The molecule has 1 amide bonds. The standard InChI is InChI=1S/C22H29N5O2.C2HF3O2/c28-21-19-17-25(16-18-4-2-1-3-5-18)8-6-20(19)26-9-7-23-22(26)27(21)11-10-24-12-14-29-15-13-24;3-2(4,5)1(6)7/h1-5H,6-17H2;(H,6,7). The maximum Gasteiger partial charge on any atom is 0.490 e. The molecule has 0 unspecified atom stereocenters. The van der Waals surface area contributed by atoms with Gasteiger partial charge in [-0.1, -0.05) is 30.3 Å². The van der Waals surface area contributed by atoms with E-state index in [4.69, 9.17) is 14.6 Å². The molecule has 4 aliphatic heterocycles. The van der Waals surface area contributed by atoms with Crippen LogP contribution in [-0.4, -0.2) is 114 Å². The van der Waals surface area contributed by atoms with E-state index in [1.807, 2.05) is 11.0 Å². The van der Waals surface area contributed by atoms with Crippen LogP contribution in [0.1, 0.15) is 12.0 Å². The van der Waals surface area contributed by atoms with Crippen molar-refractivity contribution in [3.63, 3.8) is 0 Å². The number of benzene rings is 1. The van der Waals surface area contributed by atoms with E-state index in [0.717, 1.165) is 83.5 Å². The summed E-state index contributed by atoms with van der Waals surface area (Å²) in [5.41, 5.74) is 3.47. The number of fused-ring (bicyclic) bond motifs is 2. The molecule has 0 aliphatic carbocycles. The van der Waals surface area contributed by atoms with Crippen LogP contribution in [-0.2, 0) is 20.9 Å². The van der Waals surface area contributed by atoms with Gasteiger partial charge in [0, 0.05) is 64.5 Å². The third-order valence-electron chi connectivity index (χ3n) is 6.52. The highest BCUT2D eigenvalue weighted by molar-refractivity contribution is 6.09. The van der Waals surface area contributed by atoms with Crippen molar-refractivity contribution in [2.24, 2.45) is 4.99 Å². The van der Waals surface area contributed by atoms with Crippen LogP contribution in [0, 0.1) is 0 Å². The number of morpholine rings is 1. The number of alkyl halides is 3. The van der Waals surface area contributed by atoms with Crippen molar-refractivity contribution < 1.29 is 32.6 Å². The maximum atomic E-state index is 13.5. The minimum atomic E-state index is -5.08. The van der Waals surface area contributed by atoms with Crippen molar-refractivity contribution in [3.8, 4) is 0 Å². The summed E-state index contributed by atoms with van der Waals surface area (Å²) in [4.78, 5) is 36.0. The van der Waals surface area contributed by atoms with Gasteiger partial charge in [0.15, 0.2) is 0 Å². The Labute approximate surface area is 207 Å². The number of guanidine groups is 1. The first-order chi connectivity index (χ1) is 17.2. The first kappa shape index (κ1) is 26.1. The van der Waals surface area contributed by atoms with Crippen LogP contribution in [0.5, 0.6) is 0 Å². The number of hydrogen-bond donors (Lipinski definition) is 1. The van der Waals surface area contributed by atoms with Crippen molar-refractivity contribution in [1.29, 1.82) is 0 Å². The summed E-state index contributed by atoms with van der Waals surface area (Å²) in [6.07, 6.45) is -4.16. The van der Waals surface area contributed by atoms with Gasteiger partial charge >= 0.3 is 12.1 Å². The lowest BCUT2D eigenvalue weighted by Gasteiger charge is -2.42. The summed E-state index contributed by atoms with van der Waals surface area (Å²) >= 11 is 0. The molecule has 1 N–H and O–H groups in total. The molecular weight excluding hydrogens is 479 g/mol. The van der Waals surface area contributed by atoms with Crippen molar-refractivity contribution in [2.45, 2.75) is 19.1 Å². The number of aliphatic imine (C=N–C) groups is 1. The van der Waals surface area contributed by atoms with Crippen LogP contribution in [0.2, 0.25) is 0 Å². The van der Waals surface area contributed by atoms with E-state index in [9.17, 15) is 18.0 Å². The fourth-order valence-electron chi connectivity index (χ4n) is 4.72. The average molecular weight is 510 g/mol. The molecule has 196 valence electrons. The fourth-order valence-corrected chi connectivity index (χ4v) is 4.72. The predicted octanol–water partition coefficient (Wildman–Crippen LogP) is 1.63. The Morgan fingerprint density at radius 2 is 1.72 bits per heavy atom. The Hall–Kier alpha value is -2.96. The molecule has 1 aromatic rings. The number of amides is 1. The predicted molar refractivity (Wildman–Crippen MR) is 125 cm³/mol. The SMILES string of the molecule is O=C(O)C(F)(F)F.O=C1C2=C(CCN(Cc3ccccc3)C2)N2CCN=C2N1CCN1CCOCC1. The summed E-state index contributed by atoms with van der Waals surface area (Å²) in [5.74, 6) is -1.73. The van der Waals surface area contributed by atoms with Gasteiger partial charge < -0.3 is 14.7 Å². The number of rotatable bonds is 5. The van der Waals surface area contributed by atoms with Crippen LogP contribution >= 0.6 is 0 Å². The highest BCUT2D eigenvalue weighted by Crippen LogP contribution is 2.31. The van der Waals surface area contributed by atoms with E-state index in [0.29, 0.717) is 6.54 Å². The van der Waals surface area contributed by atoms with Crippen molar-refractivity contribution in [3.05, 3.63) is 47.2 Å². The van der Waals surface area contributed by atoms with Gasteiger partial charge in [-0.3, -0.25) is 24.5 Å². The first-order valence-electron chi connectivity index (χ1n) is 12.0. The molecule has 0 saturated carbocycles. The normalized spacial score (nSPS) is 21.0. The topological polar surface area (TPSA) is 88.9 Å². The highest BCUT2D eigenvalue weighted by atomic mass is 19.4. The van der Waals surface area contributed by atoms with Gasteiger partial charge in [-0.05, 0) is 5.56 Å². The van der Waals surface area contributed by atoms with Crippen LogP contribution < -0.4 is 0 Å². The fraction of sp³-hybridized carbons (Fsp3) is 0.542. The zero-order valence-electron chi connectivity index (χ0n) is 19.9. The van der Waals surface area contributed by atoms with E-state index in [2.05, 4.69) is 44.0 Å². The Morgan fingerprint density at radius 1 is 1.03 bits per heavy atom. The van der Waals surface area contributed by atoms with E-state index >= 15 is 0 Å². The second-order valence-electron chi connectivity index (χ2n) is 8.92. The van der Waals surface area contributed by atoms with Crippen LogP contribution in [0.15, 0.2) is 46.6 Å². The van der Waals surface area contributed by atoms with Gasteiger partial charge in [-0.2, -0.15) is 13.2 Å². The molecule has 0 aromatic heterocycles. The number of hydrogen-bond acceptors (Lipinski definition) is 7. The molecule has 1 aromatic carbocycles. The zero-order valence-corrected chi connectivity index (χ0v) is 19.9. The lowest BCUT2D eigenvalue weighted by atomic mass is 10.0. The number of ether oxygens (including phenoxy) is 1. The summed E-state index contributed by atoms with van der Waals surface area (Å²) in [7, 11) is 0. The minimum absolute atomic E-state index is 0.155. The monoisotopic (exact) mass is 509 g/mol. The molecule has 36 heavy (non-hydrogen) atoms. The third kappa shape index (κ3) is 6.23. The number of carboxylic acids is 1. The maximum absolute atomic E-state index is 13.5. The van der Waals surface area contributed by atoms with E-state index < -0.39 is 12.1 Å². The van der Waals surface area contributed by atoms with Crippen molar-refractivity contribution >= 4 is 17.8 Å². The summed E-state index contributed by atoms with van der Waals surface area (Å²) < 4.78 is 37.2. The summed E-state index contributed by atoms with van der Waals surface area (Å²) in [5, 5.41) is 7.12. The molecule has 0 radical (unpaired) electrons. The van der Waals surface area contributed by atoms with E-state index in [1.54, 1.807) is 0 Å². The van der Waals surface area contributed by atoms with Crippen molar-refractivity contribution in [1.82, 2.24) is 19.6 Å². The van der Waals surface area contributed by atoms with Crippen LogP contribution in [0.25, 0.3) is 0 Å². The molecule has 0 bridgehead atoms. The van der Waals surface area contributed by atoms with E-state index in [1.165, 1.54) is 11.3 Å². The molecule has 5 rings (SSSR count). The molecule has 4 heterocycles. The Kier molecular flexibility index (Phi) is 8.27. The van der Waals surface area contributed by atoms with Crippen molar-refractivity contribution in [2.75, 3.05) is 65.6 Å². The van der Waals surface area contributed by atoms with Gasteiger partial charge in [-0.15, -0.1) is 0 Å². The highest BCUT2D eigenvalue weighted by Gasteiger charge is 2.41. The minimum Gasteiger partial charge on any atom is -0.475 e. The third-order valence-corrected chi connectivity index (χ3v) is 6.52. The number of carbonyl (C=O) groups excluding carboxylic acids is 1. The number of halogens is 3. The second kappa shape index (κ2) is 11.4. The molecule has 4 aliphatic rings. The number of carboxylic acid groups (broad SMARTS) is 1. The molecule has 1 fully saturated rings. The van der Waals surface area contributed by atoms with Crippen LogP contribution in [0.3, 0.4) is 0 Å². The number of carbonyl (C=O) groups is 2. The van der Waals surface area contributed by atoms with Crippen LogP contribution in [0.4, 0.5) is 13.2 Å². The molecule has 0 atom stereocenters. The summed E-state index contributed by atoms with van der Waals surface area (Å²) in [6, 6.07) is 10.5. The summed E-state index contributed by atoms with van der Waals surface area (Å²) in [6.45, 7) is 9.29. The largest absolute Gasteiger partial charge is 0.490 e. The Bertz CT molecular complexity index is 1010. The van der Waals surface area contributed by atoms with Gasteiger partial charge in [0.25, 0.3) is 5.91 Å². The van der Waals surface area contributed by atoms with Gasteiger partial charge in [0.2, 0.25) is 5.96 Å². The zero-order chi connectivity index (χ0) is 25.7. The molecule has 0 spiro atoms. The molecule has 1 saturated heterocycles. The van der Waals surface area contributed by atoms with Gasteiger partial charge in [0.1, 0.15) is 0 Å². The van der Waals surface area contributed by atoms with Gasteiger partial charge in [0.05, 0.1) is 25.3 Å². The lowest BCUT2D eigenvalue weighted by molar-refractivity contribution is -0.192. The molecular formula is C24H30F3N5O4. The first-order valence-corrected chi connectivity index (χ1v) is 12.0. The van der Waals surface area contributed by atoms with E-state index in [-0.39, 0.29) is 5.91 Å². The number of aliphatic carboxylic acids is 1. The quantitative estimate of drug-likeness (QED) is 0.646. The smallest absolute Gasteiger partial charge is 0.475 e. The molecule has 9 nitrogen and oxygen atoms in total. The molecule has 12 heteroatoms. The second-order valence-corrected chi connectivity index (χ2v) is 8.92. The Balaban J connectivity index is 0.000000384. The number of nitrogens with zero attached hydrogens (tertiary/aromatic N) is 5. The Morgan fingerprint density at radius 3 is 2.39 bits per heavy atom.